The predicted molar refractivity (Wildman–Crippen MR) is 201 cm³/mol. The monoisotopic (exact) mass is 708 g/mol. The Bertz CT molecular complexity index is 2150. The fraction of sp³-hybridized carbons (Fsp3) is 0.436. The summed E-state index contributed by atoms with van der Waals surface area (Å²) in [6.45, 7) is 12.1. The summed E-state index contributed by atoms with van der Waals surface area (Å²) < 4.78 is 5.35. The summed E-state index contributed by atoms with van der Waals surface area (Å²) in [4.78, 5) is 72.0. The van der Waals surface area contributed by atoms with Crippen LogP contribution in [0.15, 0.2) is 53.3 Å². The third-order valence-corrected chi connectivity index (χ3v) is 9.56. The van der Waals surface area contributed by atoms with Crippen LogP contribution in [-0.2, 0) is 20.7 Å². The molecule has 13 nitrogen and oxygen atoms in total. The smallest absolute Gasteiger partial charge is 0.407 e. The Labute approximate surface area is 302 Å². The molecule has 1 atom stereocenters. The van der Waals surface area contributed by atoms with E-state index in [1.54, 1.807) is 18.2 Å². The van der Waals surface area contributed by atoms with Gasteiger partial charge in [0.05, 0.1) is 34.0 Å². The number of amides is 3. The first-order chi connectivity index (χ1) is 24.6. The summed E-state index contributed by atoms with van der Waals surface area (Å²) in [5, 5.41) is 2.84. The lowest BCUT2D eigenvalue weighted by Crippen LogP contribution is -2.50. The van der Waals surface area contributed by atoms with Crippen molar-refractivity contribution in [2.24, 2.45) is 17.6 Å². The molecule has 0 radical (unpaired) electrons. The van der Waals surface area contributed by atoms with E-state index in [-0.39, 0.29) is 29.9 Å². The van der Waals surface area contributed by atoms with Crippen LogP contribution in [0, 0.1) is 18.8 Å². The van der Waals surface area contributed by atoms with E-state index in [1.165, 1.54) is 4.90 Å². The highest BCUT2D eigenvalue weighted by molar-refractivity contribution is 6.17. The van der Waals surface area contributed by atoms with Gasteiger partial charge in [-0.15, -0.1) is 0 Å². The molecule has 3 amide bonds. The first-order valence-electron chi connectivity index (χ1n) is 17.9. The maximum Gasteiger partial charge on any atom is 0.407 e. The van der Waals surface area contributed by atoms with Gasteiger partial charge < -0.3 is 30.7 Å². The zero-order chi connectivity index (χ0) is 37.3. The Kier molecular flexibility index (Phi) is 10.3. The number of hydrogen-bond acceptors (Lipinski definition) is 8. The average molecular weight is 709 g/mol. The minimum Gasteiger partial charge on any atom is -0.444 e. The number of alkyl carbamates (subject to hydrolysis) is 1. The molecule has 1 saturated carbocycles. The number of ether oxygens (including phenoxy) is 1. The van der Waals surface area contributed by atoms with Crippen LogP contribution in [0.3, 0.4) is 0 Å². The van der Waals surface area contributed by atoms with Crippen LogP contribution < -0.4 is 21.6 Å². The van der Waals surface area contributed by atoms with Gasteiger partial charge in [-0.1, -0.05) is 38.1 Å². The Morgan fingerprint density at radius 2 is 1.63 bits per heavy atom. The largest absolute Gasteiger partial charge is 0.444 e. The number of aromatic amines is 3. The molecule has 13 heteroatoms. The van der Waals surface area contributed by atoms with Gasteiger partial charge in [-0.25, -0.2) is 24.5 Å². The van der Waals surface area contributed by atoms with Crippen molar-refractivity contribution in [3.8, 4) is 11.3 Å². The van der Waals surface area contributed by atoms with Crippen LogP contribution in [0.5, 0.6) is 0 Å². The van der Waals surface area contributed by atoms with Gasteiger partial charge in [-0.2, -0.15) is 0 Å². The third kappa shape index (κ3) is 8.25. The van der Waals surface area contributed by atoms with Crippen molar-refractivity contribution in [1.29, 1.82) is 0 Å². The first-order valence-corrected chi connectivity index (χ1v) is 17.9. The zero-order valence-corrected chi connectivity index (χ0v) is 30.6. The van der Waals surface area contributed by atoms with Gasteiger partial charge >= 0.3 is 11.8 Å². The Hall–Kier alpha value is -5.30. The molecule has 2 aromatic carbocycles. The fourth-order valence-corrected chi connectivity index (χ4v) is 6.79. The standard InChI is InChI=1S/C39H48N8O5/c1-21(2)33-42-31-17-22(3)32(45-34(31)46-33)25-11-7-23(8-12-25)18-28(40)36(49)47(27-15-16-29-30(19-27)44-37(50)43-29)35(48)26-13-9-24(10-14-26)20-41-38(51)52-39(4,5)6/h7-8,11-12,15-17,19,21,24,26,28H,9-10,13-14,18,20,40H2,1-6H3,(H,41,51)(H,42,45,46)(H2,43,44,50)/t24?,26?,28-/m0/s1. The molecule has 0 bridgehead atoms. The van der Waals surface area contributed by atoms with Crippen LogP contribution in [0.4, 0.5) is 10.5 Å². The summed E-state index contributed by atoms with van der Waals surface area (Å²) in [6.07, 6.45) is 2.26. The van der Waals surface area contributed by atoms with Crippen molar-refractivity contribution in [1.82, 2.24) is 30.2 Å². The van der Waals surface area contributed by atoms with E-state index in [2.05, 4.69) is 45.2 Å². The van der Waals surface area contributed by atoms with Crippen LogP contribution in [0.25, 0.3) is 33.5 Å². The van der Waals surface area contributed by atoms with E-state index in [1.807, 2.05) is 52.0 Å². The van der Waals surface area contributed by atoms with Crippen LogP contribution in [-0.4, -0.2) is 61.0 Å². The normalized spacial score (nSPS) is 17.0. The molecule has 6 rings (SSSR count). The molecule has 5 aromatic rings. The van der Waals surface area contributed by atoms with E-state index in [9.17, 15) is 19.2 Å². The van der Waals surface area contributed by atoms with Crippen molar-refractivity contribution < 1.29 is 19.1 Å². The highest BCUT2D eigenvalue weighted by atomic mass is 16.6. The topological polar surface area (TPSA) is 192 Å². The van der Waals surface area contributed by atoms with E-state index in [0.717, 1.165) is 33.7 Å². The van der Waals surface area contributed by atoms with Gasteiger partial charge in [-0.05, 0) is 101 Å². The van der Waals surface area contributed by atoms with Gasteiger partial charge in [0.1, 0.15) is 11.4 Å². The number of nitrogens with two attached hydrogens (primary N) is 1. The number of carbonyl (C=O) groups is 3. The summed E-state index contributed by atoms with van der Waals surface area (Å²) >= 11 is 0. The maximum atomic E-state index is 14.2. The average Bonchev–Trinajstić information content (AvgIpc) is 3.69. The number of H-pyrrole nitrogens is 3. The van der Waals surface area contributed by atoms with Gasteiger partial charge in [0.15, 0.2) is 5.65 Å². The van der Waals surface area contributed by atoms with E-state index < -0.39 is 29.6 Å². The molecule has 6 N–H and O–H groups in total. The van der Waals surface area contributed by atoms with Crippen LogP contribution >= 0.6 is 0 Å². The Morgan fingerprint density at radius 1 is 0.942 bits per heavy atom. The van der Waals surface area contributed by atoms with E-state index in [4.69, 9.17) is 15.5 Å². The second kappa shape index (κ2) is 14.7. The molecule has 274 valence electrons. The van der Waals surface area contributed by atoms with Crippen LogP contribution in [0.1, 0.15) is 83.2 Å². The lowest BCUT2D eigenvalue weighted by molar-refractivity contribution is -0.130. The maximum absolute atomic E-state index is 14.2. The quantitative estimate of drug-likeness (QED) is 0.123. The lowest BCUT2D eigenvalue weighted by Gasteiger charge is -2.32. The molecule has 1 aliphatic rings. The van der Waals surface area contributed by atoms with Gasteiger partial charge in [0, 0.05) is 23.9 Å². The molecule has 3 aromatic heterocycles. The number of rotatable bonds is 9. The third-order valence-electron chi connectivity index (χ3n) is 9.56. The van der Waals surface area contributed by atoms with Crippen molar-refractivity contribution in [2.45, 2.75) is 91.2 Å². The number of aryl methyl sites for hydroxylation is 1. The molecule has 0 aliphatic heterocycles. The second-order valence-corrected chi connectivity index (χ2v) is 15.2. The molecule has 52 heavy (non-hydrogen) atoms. The molecule has 0 spiro atoms. The van der Waals surface area contributed by atoms with Crippen molar-refractivity contribution >= 4 is 45.8 Å². The number of imide groups is 1. The van der Waals surface area contributed by atoms with E-state index >= 15 is 0 Å². The molecule has 1 aliphatic carbocycles. The molecule has 3 heterocycles. The highest BCUT2D eigenvalue weighted by Gasteiger charge is 2.35. The van der Waals surface area contributed by atoms with Gasteiger partial charge in [0.2, 0.25) is 5.91 Å². The Balaban J connectivity index is 1.17. The lowest BCUT2D eigenvalue weighted by atomic mass is 9.81. The predicted octanol–water partition coefficient (Wildman–Crippen LogP) is 5.99. The first kappa shape index (κ1) is 36.5. The minimum absolute atomic E-state index is 0.185. The van der Waals surface area contributed by atoms with E-state index in [0.29, 0.717) is 54.6 Å². The number of fused-ring (bicyclic) bond motifs is 2. The molecular formula is C39H48N8O5. The number of benzene rings is 2. The van der Waals surface area contributed by atoms with Crippen molar-refractivity contribution in [3.63, 3.8) is 0 Å². The number of pyridine rings is 1. The van der Waals surface area contributed by atoms with Crippen molar-refractivity contribution in [3.05, 3.63) is 76.0 Å². The molecule has 0 saturated heterocycles. The number of hydrogen-bond donors (Lipinski definition) is 5. The number of nitrogens with one attached hydrogen (secondary N) is 4. The second-order valence-electron chi connectivity index (χ2n) is 15.2. The number of aromatic nitrogens is 5. The highest BCUT2D eigenvalue weighted by Crippen LogP contribution is 2.33. The summed E-state index contributed by atoms with van der Waals surface area (Å²) in [5.41, 5.74) is 12.1. The summed E-state index contributed by atoms with van der Waals surface area (Å²) in [6, 6.07) is 13.7. The van der Waals surface area contributed by atoms with Gasteiger partial charge in [-0.3, -0.25) is 9.59 Å². The number of imidazole rings is 2. The van der Waals surface area contributed by atoms with Gasteiger partial charge in [0.25, 0.3) is 5.91 Å². The number of nitrogens with zero attached hydrogens (tertiary/aromatic N) is 3. The fourth-order valence-electron chi connectivity index (χ4n) is 6.79. The van der Waals surface area contributed by atoms with Crippen LogP contribution in [0.2, 0.25) is 0 Å². The summed E-state index contributed by atoms with van der Waals surface area (Å²) in [5.74, 6) is 0.0660. The SMILES string of the molecule is Cc1cc2[nH]c(C(C)C)nc2nc1-c1ccc(C[C@H](N)C(=O)N(C(=O)C2CCC(CNC(=O)OC(C)(C)C)CC2)c2ccc3[nH]c(=O)[nH]c3c2)cc1. The number of anilines is 1. The minimum atomic E-state index is -1.01. The Morgan fingerprint density at radius 3 is 2.31 bits per heavy atom. The number of carbonyl (C=O) groups excluding carboxylic acids is 3. The molecule has 0 unspecified atom stereocenters. The molecular weight excluding hydrogens is 660 g/mol. The molecule has 1 fully saturated rings. The van der Waals surface area contributed by atoms with Crippen molar-refractivity contribution in [2.75, 3.05) is 11.4 Å². The summed E-state index contributed by atoms with van der Waals surface area (Å²) in [7, 11) is 0. The zero-order valence-electron chi connectivity index (χ0n) is 30.6.